The SMILES string of the molecule is Cc1cc(F)ccc1S(=O)(=O)N(Cc1ccsc1)Cc1ccco1. The smallest absolute Gasteiger partial charge is 0.244 e. The average molecular weight is 365 g/mol. The molecule has 126 valence electrons. The van der Waals surface area contributed by atoms with Gasteiger partial charge in [0, 0.05) is 6.54 Å². The Labute approximate surface area is 144 Å². The van der Waals surface area contributed by atoms with Crippen LogP contribution in [0, 0.1) is 12.7 Å². The van der Waals surface area contributed by atoms with Crippen molar-refractivity contribution < 1.29 is 17.2 Å². The second kappa shape index (κ2) is 6.88. The van der Waals surface area contributed by atoms with Gasteiger partial charge in [-0.05, 0) is 65.2 Å². The van der Waals surface area contributed by atoms with Gasteiger partial charge >= 0.3 is 0 Å². The molecule has 0 atom stereocenters. The number of halogens is 1. The zero-order chi connectivity index (χ0) is 17.2. The van der Waals surface area contributed by atoms with Gasteiger partial charge in [0.05, 0.1) is 17.7 Å². The lowest BCUT2D eigenvalue weighted by Gasteiger charge is -2.22. The minimum absolute atomic E-state index is 0.102. The van der Waals surface area contributed by atoms with Crippen LogP contribution in [0.15, 0.2) is 62.7 Å². The first-order chi connectivity index (χ1) is 11.5. The average Bonchev–Trinajstić information content (AvgIpc) is 3.19. The van der Waals surface area contributed by atoms with E-state index in [4.69, 9.17) is 4.42 Å². The van der Waals surface area contributed by atoms with E-state index in [1.165, 1.54) is 34.0 Å². The third-order valence-electron chi connectivity index (χ3n) is 3.61. The third-order valence-corrected chi connectivity index (χ3v) is 6.29. The van der Waals surface area contributed by atoms with E-state index in [0.717, 1.165) is 11.6 Å². The molecule has 0 fully saturated rings. The number of nitrogens with zero attached hydrogens (tertiary/aromatic N) is 1. The Morgan fingerprint density at radius 3 is 2.67 bits per heavy atom. The van der Waals surface area contributed by atoms with Gasteiger partial charge in [0.15, 0.2) is 0 Å². The number of hydrogen-bond acceptors (Lipinski definition) is 4. The van der Waals surface area contributed by atoms with Crippen molar-refractivity contribution in [3.63, 3.8) is 0 Å². The van der Waals surface area contributed by atoms with E-state index in [1.807, 2.05) is 16.8 Å². The highest BCUT2D eigenvalue weighted by molar-refractivity contribution is 7.89. The van der Waals surface area contributed by atoms with Gasteiger partial charge in [0.1, 0.15) is 11.6 Å². The second-order valence-corrected chi connectivity index (χ2v) is 8.08. The molecule has 0 N–H and O–H groups in total. The van der Waals surface area contributed by atoms with Crippen molar-refractivity contribution in [2.75, 3.05) is 0 Å². The molecule has 0 aliphatic heterocycles. The highest BCUT2D eigenvalue weighted by atomic mass is 32.2. The monoisotopic (exact) mass is 365 g/mol. The van der Waals surface area contributed by atoms with Gasteiger partial charge in [-0.2, -0.15) is 15.6 Å². The standard InChI is InChI=1S/C17H16FNO3S2/c1-13-9-15(18)4-5-17(13)24(20,21)19(10-14-6-8-23-12-14)11-16-3-2-7-22-16/h2-9,12H,10-11H2,1H3. The molecule has 0 saturated carbocycles. The molecule has 4 nitrogen and oxygen atoms in total. The first-order valence-corrected chi connectivity index (χ1v) is 9.65. The maximum atomic E-state index is 13.3. The summed E-state index contributed by atoms with van der Waals surface area (Å²) in [4.78, 5) is 0.102. The lowest BCUT2D eigenvalue weighted by molar-refractivity contribution is 0.358. The minimum atomic E-state index is -3.79. The maximum absolute atomic E-state index is 13.3. The minimum Gasteiger partial charge on any atom is -0.468 e. The second-order valence-electron chi connectivity index (χ2n) is 5.39. The summed E-state index contributed by atoms with van der Waals surface area (Å²) < 4.78 is 46.1. The Morgan fingerprint density at radius 2 is 2.04 bits per heavy atom. The number of sulfonamides is 1. The summed E-state index contributed by atoms with van der Waals surface area (Å²) in [5, 5.41) is 3.80. The molecule has 0 bridgehead atoms. The van der Waals surface area contributed by atoms with Crippen LogP contribution in [0.3, 0.4) is 0 Å². The summed E-state index contributed by atoms with van der Waals surface area (Å²) in [6.45, 7) is 1.93. The fraction of sp³-hybridized carbons (Fsp3) is 0.176. The van der Waals surface area contributed by atoms with Gasteiger partial charge in [-0.25, -0.2) is 12.8 Å². The molecule has 3 aromatic rings. The first kappa shape index (κ1) is 16.9. The summed E-state index contributed by atoms with van der Waals surface area (Å²) in [5.41, 5.74) is 1.28. The van der Waals surface area contributed by atoms with Crippen molar-refractivity contribution in [1.82, 2.24) is 4.31 Å². The van der Waals surface area contributed by atoms with Gasteiger partial charge in [-0.1, -0.05) is 0 Å². The fourth-order valence-electron chi connectivity index (χ4n) is 2.43. The number of hydrogen-bond donors (Lipinski definition) is 0. The molecule has 1 aromatic carbocycles. The van der Waals surface area contributed by atoms with Crippen molar-refractivity contribution in [2.24, 2.45) is 0 Å². The van der Waals surface area contributed by atoms with Gasteiger partial charge in [0.2, 0.25) is 10.0 Å². The van der Waals surface area contributed by atoms with E-state index in [-0.39, 0.29) is 18.0 Å². The van der Waals surface area contributed by atoms with Gasteiger partial charge in [0.25, 0.3) is 0 Å². The topological polar surface area (TPSA) is 50.5 Å². The van der Waals surface area contributed by atoms with E-state index in [1.54, 1.807) is 19.1 Å². The Bertz CT molecular complexity index is 867. The van der Waals surface area contributed by atoms with Crippen LogP contribution in [-0.2, 0) is 23.1 Å². The van der Waals surface area contributed by atoms with Crippen LogP contribution in [0.5, 0.6) is 0 Å². The van der Waals surface area contributed by atoms with Crippen LogP contribution in [0.25, 0.3) is 0 Å². The Hall–Kier alpha value is -1.96. The molecule has 0 aliphatic rings. The molecular weight excluding hydrogens is 349 g/mol. The molecule has 24 heavy (non-hydrogen) atoms. The lowest BCUT2D eigenvalue weighted by atomic mass is 10.2. The molecule has 3 rings (SSSR count). The van der Waals surface area contributed by atoms with Crippen LogP contribution in [-0.4, -0.2) is 12.7 Å². The normalized spacial score (nSPS) is 12.0. The van der Waals surface area contributed by atoms with Crippen LogP contribution < -0.4 is 0 Å². The van der Waals surface area contributed by atoms with Crippen molar-refractivity contribution >= 4 is 21.4 Å². The summed E-state index contributed by atoms with van der Waals surface area (Å²) in [6, 6.07) is 9.02. The lowest BCUT2D eigenvalue weighted by Crippen LogP contribution is -2.30. The highest BCUT2D eigenvalue weighted by Gasteiger charge is 2.27. The van der Waals surface area contributed by atoms with E-state index in [0.29, 0.717) is 11.3 Å². The summed E-state index contributed by atoms with van der Waals surface area (Å²) >= 11 is 1.51. The van der Waals surface area contributed by atoms with Crippen LogP contribution in [0.2, 0.25) is 0 Å². The van der Waals surface area contributed by atoms with E-state index in [9.17, 15) is 12.8 Å². The largest absolute Gasteiger partial charge is 0.468 e. The van der Waals surface area contributed by atoms with Crippen LogP contribution >= 0.6 is 11.3 Å². The molecule has 0 amide bonds. The van der Waals surface area contributed by atoms with Crippen LogP contribution in [0.1, 0.15) is 16.9 Å². The summed E-state index contributed by atoms with van der Waals surface area (Å²) in [6.07, 6.45) is 1.51. The molecule has 7 heteroatoms. The number of furan rings is 1. The number of aryl methyl sites for hydroxylation is 1. The predicted molar refractivity (Wildman–Crippen MR) is 90.6 cm³/mol. The van der Waals surface area contributed by atoms with Crippen molar-refractivity contribution in [2.45, 2.75) is 24.9 Å². The van der Waals surface area contributed by atoms with Crippen molar-refractivity contribution in [3.05, 3.63) is 76.1 Å². The van der Waals surface area contributed by atoms with E-state index >= 15 is 0 Å². The molecule has 2 heterocycles. The fourth-order valence-corrected chi connectivity index (χ4v) is 4.69. The van der Waals surface area contributed by atoms with Crippen LogP contribution in [0.4, 0.5) is 4.39 Å². The Morgan fingerprint density at radius 1 is 1.21 bits per heavy atom. The van der Waals surface area contributed by atoms with Gasteiger partial charge < -0.3 is 4.42 Å². The Balaban J connectivity index is 1.99. The number of rotatable bonds is 6. The molecule has 0 radical (unpaired) electrons. The Kier molecular flexibility index (Phi) is 4.84. The summed E-state index contributed by atoms with van der Waals surface area (Å²) in [5.74, 6) is 0.0930. The third kappa shape index (κ3) is 3.58. The molecule has 0 spiro atoms. The molecule has 2 aromatic heterocycles. The number of thiophene rings is 1. The maximum Gasteiger partial charge on any atom is 0.244 e. The number of benzene rings is 1. The zero-order valence-corrected chi connectivity index (χ0v) is 14.6. The summed E-state index contributed by atoms with van der Waals surface area (Å²) in [7, 11) is -3.79. The first-order valence-electron chi connectivity index (χ1n) is 7.26. The van der Waals surface area contributed by atoms with E-state index < -0.39 is 15.8 Å². The highest BCUT2D eigenvalue weighted by Crippen LogP contribution is 2.25. The van der Waals surface area contributed by atoms with Crippen molar-refractivity contribution in [1.29, 1.82) is 0 Å². The quantitative estimate of drug-likeness (QED) is 0.658. The van der Waals surface area contributed by atoms with Crippen molar-refractivity contribution in [3.8, 4) is 0 Å². The molecule has 0 saturated heterocycles. The predicted octanol–water partition coefficient (Wildman–Crippen LogP) is 4.18. The van der Waals surface area contributed by atoms with Gasteiger partial charge in [-0.3, -0.25) is 0 Å². The molecule has 0 aliphatic carbocycles. The van der Waals surface area contributed by atoms with E-state index in [2.05, 4.69) is 0 Å². The molecule has 0 unspecified atom stereocenters. The van der Waals surface area contributed by atoms with Gasteiger partial charge in [-0.15, -0.1) is 0 Å². The molecular formula is C17H16FNO3S2. The zero-order valence-electron chi connectivity index (χ0n) is 13.0.